The fraction of sp³-hybridized carbons (Fsp3) is 0.611. The summed E-state index contributed by atoms with van der Waals surface area (Å²) in [7, 11) is -3.49. The van der Waals surface area contributed by atoms with Crippen LogP contribution in [0.15, 0.2) is 29.2 Å². The van der Waals surface area contributed by atoms with Gasteiger partial charge in [0.25, 0.3) is 5.91 Å². The molecule has 1 aromatic rings. The average Bonchev–Trinajstić information content (AvgIpc) is 3.09. The van der Waals surface area contributed by atoms with Crippen molar-refractivity contribution < 1.29 is 17.9 Å². The van der Waals surface area contributed by atoms with Crippen LogP contribution in [-0.4, -0.2) is 33.5 Å². The van der Waals surface area contributed by atoms with E-state index in [9.17, 15) is 13.2 Å². The Labute approximate surface area is 150 Å². The molecule has 1 aliphatic carbocycles. The minimum Gasteiger partial charge on any atom is -0.484 e. The Hall–Kier alpha value is -1.60. The summed E-state index contributed by atoms with van der Waals surface area (Å²) in [6.45, 7) is 2.69. The first-order valence-electron chi connectivity index (χ1n) is 9.03. The zero-order chi connectivity index (χ0) is 18.1. The molecule has 1 amide bonds. The molecule has 1 aromatic carbocycles. The number of carbonyl (C=O) groups excluding carboxylic acids is 1. The van der Waals surface area contributed by atoms with E-state index < -0.39 is 10.0 Å². The van der Waals surface area contributed by atoms with E-state index in [1.165, 1.54) is 12.1 Å². The second-order valence-electron chi connectivity index (χ2n) is 6.42. The molecule has 140 valence electrons. The number of hydrogen-bond donors (Lipinski definition) is 2. The maximum absolute atomic E-state index is 12.3. The number of benzene rings is 1. The maximum atomic E-state index is 12.3. The molecule has 0 radical (unpaired) electrons. The van der Waals surface area contributed by atoms with Gasteiger partial charge >= 0.3 is 0 Å². The van der Waals surface area contributed by atoms with E-state index in [2.05, 4.69) is 17.0 Å². The molecule has 0 aliphatic heterocycles. The van der Waals surface area contributed by atoms with Gasteiger partial charge in [0.15, 0.2) is 6.61 Å². The van der Waals surface area contributed by atoms with Gasteiger partial charge in [-0.2, -0.15) is 0 Å². The van der Waals surface area contributed by atoms with Gasteiger partial charge in [0.2, 0.25) is 10.0 Å². The molecule has 7 heteroatoms. The van der Waals surface area contributed by atoms with Crippen molar-refractivity contribution in [3.8, 4) is 5.75 Å². The number of rotatable bonds is 10. The summed E-state index contributed by atoms with van der Waals surface area (Å²) in [4.78, 5) is 11.9. The van der Waals surface area contributed by atoms with Crippen molar-refractivity contribution in [3.63, 3.8) is 0 Å². The normalized spacial score (nSPS) is 15.2. The van der Waals surface area contributed by atoms with Gasteiger partial charge < -0.3 is 10.1 Å². The monoisotopic (exact) mass is 368 g/mol. The molecule has 0 aromatic heterocycles. The van der Waals surface area contributed by atoms with Gasteiger partial charge in [-0.3, -0.25) is 4.79 Å². The Balaban J connectivity index is 1.79. The van der Waals surface area contributed by atoms with E-state index >= 15 is 0 Å². The van der Waals surface area contributed by atoms with E-state index in [1.54, 1.807) is 12.1 Å². The third-order valence-corrected chi connectivity index (χ3v) is 5.82. The molecule has 0 heterocycles. The number of carbonyl (C=O) groups is 1. The highest BCUT2D eigenvalue weighted by Crippen LogP contribution is 2.21. The molecule has 1 aliphatic rings. The van der Waals surface area contributed by atoms with Gasteiger partial charge in [-0.15, -0.1) is 0 Å². The first-order valence-corrected chi connectivity index (χ1v) is 10.5. The molecule has 0 spiro atoms. The smallest absolute Gasteiger partial charge is 0.257 e. The third kappa shape index (κ3) is 6.66. The van der Waals surface area contributed by atoms with Crippen LogP contribution in [0, 0.1) is 0 Å². The van der Waals surface area contributed by atoms with Gasteiger partial charge in [0, 0.05) is 12.6 Å². The van der Waals surface area contributed by atoms with Crippen molar-refractivity contribution in [2.45, 2.75) is 62.8 Å². The minimum atomic E-state index is -3.49. The van der Waals surface area contributed by atoms with Gasteiger partial charge in [-0.1, -0.05) is 32.6 Å². The Kier molecular flexibility index (Phi) is 7.71. The Morgan fingerprint density at radius 1 is 1.16 bits per heavy atom. The number of nitrogens with one attached hydrogen (secondary N) is 2. The van der Waals surface area contributed by atoms with E-state index in [4.69, 9.17) is 4.74 Å². The van der Waals surface area contributed by atoms with Crippen LogP contribution < -0.4 is 14.8 Å². The standard InChI is InChI=1S/C18H28N2O4S/c1-2-3-6-13-19-18(21)14-24-16-9-11-17(12-10-16)25(22,23)20-15-7-4-5-8-15/h9-12,15,20H,2-8,13-14H2,1H3,(H,19,21). The molecule has 25 heavy (non-hydrogen) atoms. The Morgan fingerprint density at radius 2 is 1.84 bits per heavy atom. The summed E-state index contributed by atoms with van der Waals surface area (Å²) in [6.07, 6.45) is 7.09. The first-order chi connectivity index (χ1) is 12.0. The molecule has 1 saturated carbocycles. The molecule has 0 bridgehead atoms. The van der Waals surface area contributed by atoms with Crippen LogP contribution >= 0.6 is 0 Å². The van der Waals surface area contributed by atoms with Crippen LogP contribution in [0.2, 0.25) is 0 Å². The van der Waals surface area contributed by atoms with Crippen molar-refractivity contribution in [2.24, 2.45) is 0 Å². The quantitative estimate of drug-likeness (QED) is 0.622. The summed E-state index contributed by atoms with van der Waals surface area (Å²) in [5.41, 5.74) is 0. The van der Waals surface area contributed by atoms with Gasteiger partial charge in [0.05, 0.1) is 4.90 Å². The number of ether oxygens (including phenoxy) is 1. The highest BCUT2D eigenvalue weighted by Gasteiger charge is 2.22. The summed E-state index contributed by atoms with van der Waals surface area (Å²) in [6, 6.07) is 6.20. The Bertz CT molecular complexity index is 638. The van der Waals surface area contributed by atoms with E-state index in [-0.39, 0.29) is 23.5 Å². The zero-order valence-corrected chi connectivity index (χ0v) is 15.6. The predicted molar refractivity (Wildman–Crippen MR) is 97.0 cm³/mol. The average molecular weight is 368 g/mol. The largest absolute Gasteiger partial charge is 0.484 e. The van der Waals surface area contributed by atoms with Crippen molar-refractivity contribution in [2.75, 3.05) is 13.2 Å². The lowest BCUT2D eigenvalue weighted by atomic mass is 10.2. The molecule has 1 fully saturated rings. The molecule has 2 N–H and O–H groups in total. The van der Waals surface area contributed by atoms with Gasteiger partial charge in [-0.05, 0) is 43.5 Å². The molecule has 0 unspecified atom stereocenters. The van der Waals surface area contributed by atoms with Crippen LogP contribution in [-0.2, 0) is 14.8 Å². The maximum Gasteiger partial charge on any atom is 0.257 e. The molecule has 2 rings (SSSR count). The third-order valence-electron chi connectivity index (χ3n) is 4.28. The second-order valence-corrected chi connectivity index (χ2v) is 8.13. The van der Waals surface area contributed by atoms with Crippen LogP contribution in [0.5, 0.6) is 5.75 Å². The number of hydrogen-bond acceptors (Lipinski definition) is 4. The predicted octanol–water partition coefficient (Wildman–Crippen LogP) is 2.59. The highest BCUT2D eigenvalue weighted by atomic mass is 32.2. The lowest BCUT2D eigenvalue weighted by Crippen LogP contribution is -2.32. The first kappa shape index (κ1) is 19.7. The summed E-state index contributed by atoms with van der Waals surface area (Å²) in [5, 5.41) is 2.79. The second kappa shape index (κ2) is 9.77. The minimum absolute atomic E-state index is 0.0392. The van der Waals surface area contributed by atoms with Crippen molar-refractivity contribution >= 4 is 15.9 Å². The van der Waals surface area contributed by atoms with Crippen molar-refractivity contribution in [1.82, 2.24) is 10.0 Å². The van der Waals surface area contributed by atoms with Crippen molar-refractivity contribution in [1.29, 1.82) is 0 Å². The van der Waals surface area contributed by atoms with Crippen LogP contribution in [0.4, 0.5) is 0 Å². The van der Waals surface area contributed by atoms with E-state index in [1.807, 2.05) is 0 Å². The fourth-order valence-electron chi connectivity index (χ4n) is 2.85. The molecule has 0 atom stereocenters. The zero-order valence-electron chi connectivity index (χ0n) is 14.8. The lowest BCUT2D eigenvalue weighted by Gasteiger charge is -2.13. The number of amides is 1. The topological polar surface area (TPSA) is 84.5 Å². The molecular formula is C18H28N2O4S. The Morgan fingerprint density at radius 3 is 2.48 bits per heavy atom. The highest BCUT2D eigenvalue weighted by molar-refractivity contribution is 7.89. The summed E-state index contributed by atoms with van der Waals surface area (Å²) < 4.78 is 32.8. The van der Waals surface area contributed by atoms with Gasteiger partial charge in [-0.25, -0.2) is 13.1 Å². The number of unbranched alkanes of at least 4 members (excludes halogenated alkanes) is 2. The molecule has 0 saturated heterocycles. The van der Waals surface area contributed by atoms with Crippen LogP contribution in [0.25, 0.3) is 0 Å². The van der Waals surface area contributed by atoms with Crippen LogP contribution in [0.1, 0.15) is 51.9 Å². The van der Waals surface area contributed by atoms with Crippen LogP contribution in [0.3, 0.4) is 0 Å². The molecule has 6 nitrogen and oxygen atoms in total. The summed E-state index contributed by atoms with van der Waals surface area (Å²) in [5.74, 6) is 0.305. The lowest BCUT2D eigenvalue weighted by molar-refractivity contribution is -0.123. The van der Waals surface area contributed by atoms with Gasteiger partial charge in [0.1, 0.15) is 5.75 Å². The van der Waals surface area contributed by atoms with E-state index in [0.717, 1.165) is 44.9 Å². The van der Waals surface area contributed by atoms with E-state index in [0.29, 0.717) is 12.3 Å². The molecular weight excluding hydrogens is 340 g/mol. The number of sulfonamides is 1. The fourth-order valence-corrected chi connectivity index (χ4v) is 4.15. The SMILES string of the molecule is CCCCCNC(=O)COc1ccc(S(=O)(=O)NC2CCCC2)cc1. The van der Waals surface area contributed by atoms with Crippen molar-refractivity contribution in [3.05, 3.63) is 24.3 Å². The summed E-state index contributed by atoms with van der Waals surface area (Å²) >= 11 is 0.